The van der Waals surface area contributed by atoms with Crippen molar-refractivity contribution in [3.05, 3.63) is 50.6 Å². The van der Waals surface area contributed by atoms with Crippen LogP contribution in [-0.2, 0) is 12.0 Å². The summed E-state index contributed by atoms with van der Waals surface area (Å²) in [7, 11) is 0. The number of hydrogen-bond acceptors (Lipinski definition) is 3. The van der Waals surface area contributed by atoms with E-state index in [4.69, 9.17) is 0 Å². The zero-order valence-corrected chi connectivity index (χ0v) is 11.6. The topological polar surface area (TPSA) is 33.1 Å². The lowest BCUT2D eigenvalue weighted by molar-refractivity contribution is 0.0596. The number of thiazole rings is 1. The number of aromatic nitrogens is 1. The normalized spacial score (nSPS) is 14.6. The van der Waals surface area contributed by atoms with E-state index in [9.17, 15) is 9.50 Å². The lowest BCUT2D eigenvalue weighted by Crippen LogP contribution is -2.24. The molecular formula is C12H11BrFNOS. The molecule has 17 heavy (non-hydrogen) atoms. The Balaban J connectivity index is 2.30. The van der Waals surface area contributed by atoms with Crippen molar-refractivity contribution in [2.45, 2.75) is 18.9 Å². The highest BCUT2D eigenvalue weighted by Crippen LogP contribution is 2.34. The fourth-order valence-corrected chi connectivity index (χ4v) is 3.36. The molecule has 0 radical (unpaired) electrons. The zero-order chi connectivity index (χ0) is 12.5. The second-order valence-corrected chi connectivity index (χ2v) is 5.62. The first-order valence-corrected chi connectivity index (χ1v) is 6.73. The highest BCUT2D eigenvalue weighted by Gasteiger charge is 2.29. The molecule has 0 aliphatic rings. The van der Waals surface area contributed by atoms with Crippen LogP contribution in [0.25, 0.3) is 0 Å². The Labute approximate surface area is 111 Å². The van der Waals surface area contributed by atoms with Crippen LogP contribution in [0, 0.1) is 5.82 Å². The molecule has 0 bridgehead atoms. The van der Waals surface area contributed by atoms with E-state index in [1.165, 1.54) is 17.4 Å². The third-order valence-electron chi connectivity index (χ3n) is 2.51. The first-order chi connectivity index (χ1) is 8.00. The van der Waals surface area contributed by atoms with E-state index < -0.39 is 5.60 Å². The van der Waals surface area contributed by atoms with Gasteiger partial charge in [0.1, 0.15) is 16.0 Å². The summed E-state index contributed by atoms with van der Waals surface area (Å²) in [5.41, 5.74) is 1.02. The Morgan fingerprint density at radius 3 is 2.76 bits per heavy atom. The largest absolute Gasteiger partial charge is 0.384 e. The standard InChI is InChI=1S/C12H11BrFNOS/c1-12(16,10-11(13)15-7-17-10)6-8-4-2-3-5-9(8)14/h2-5,7,16H,6H2,1H3. The second-order valence-electron chi connectivity index (χ2n) is 4.01. The van der Waals surface area contributed by atoms with Crippen LogP contribution in [0.2, 0.25) is 0 Å². The third-order valence-corrected chi connectivity index (χ3v) is 4.45. The molecule has 1 unspecified atom stereocenters. The van der Waals surface area contributed by atoms with Crippen molar-refractivity contribution in [2.75, 3.05) is 0 Å². The molecule has 1 atom stereocenters. The molecule has 0 spiro atoms. The molecule has 2 rings (SSSR count). The molecule has 0 aliphatic carbocycles. The Kier molecular flexibility index (Phi) is 3.61. The van der Waals surface area contributed by atoms with Crippen LogP contribution in [0.15, 0.2) is 34.4 Å². The van der Waals surface area contributed by atoms with Crippen molar-refractivity contribution >= 4 is 27.3 Å². The van der Waals surface area contributed by atoms with Gasteiger partial charge in [0.05, 0.1) is 10.4 Å². The van der Waals surface area contributed by atoms with Gasteiger partial charge in [0.25, 0.3) is 0 Å². The van der Waals surface area contributed by atoms with Crippen LogP contribution < -0.4 is 0 Å². The van der Waals surface area contributed by atoms with Crippen LogP contribution in [-0.4, -0.2) is 10.1 Å². The van der Waals surface area contributed by atoms with Gasteiger partial charge in [-0.3, -0.25) is 0 Å². The molecule has 2 nitrogen and oxygen atoms in total. The van der Waals surface area contributed by atoms with Gasteiger partial charge in [-0.2, -0.15) is 0 Å². The molecule has 0 fully saturated rings. The van der Waals surface area contributed by atoms with E-state index in [1.807, 2.05) is 0 Å². The summed E-state index contributed by atoms with van der Waals surface area (Å²) in [4.78, 5) is 4.74. The molecule has 2 aromatic rings. The summed E-state index contributed by atoms with van der Waals surface area (Å²) in [6, 6.07) is 6.47. The molecule has 1 aromatic carbocycles. The zero-order valence-electron chi connectivity index (χ0n) is 9.15. The quantitative estimate of drug-likeness (QED) is 0.940. The number of rotatable bonds is 3. The third kappa shape index (κ3) is 2.73. The molecule has 1 aromatic heterocycles. The molecule has 1 N–H and O–H groups in total. The smallest absolute Gasteiger partial charge is 0.126 e. The summed E-state index contributed by atoms with van der Waals surface area (Å²) in [5.74, 6) is -0.298. The van der Waals surface area contributed by atoms with Gasteiger partial charge in [-0.25, -0.2) is 9.37 Å². The fraction of sp³-hybridized carbons (Fsp3) is 0.250. The number of halogens is 2. The lowest BCUT2D eigenvalue weighted by atomic mass is 9.95. The highest BCUT2D eigenvalue weighted by molar-refractivity contribution is 9.10. The van der Waals surface area contributed by atoms with Gasteiger partial charge >= 0.3 is 0 Å². The second kappa shape index (κ2) is 4.84. The molecule has 0 saturated heterocycles. The minimum Gasteiger partial charge on any atom is -0.384 e. The van der Waals surface area contributed by atoms with Gasteiger partial charge in [0.15, 0.2) is 0 Å². The first-order valence-electron chi connectivity index (χ1n) is 5.06. The number of hydrogen-bond donors (Lipinski definition) is 1. The minimum atomic E-state index is -1.12. The number of aliphatic hydroxyl groups is 1. The average Bonchev–Trinajstić information content (AvgIpc) is 2.68. The lowest BCUT2D eigenvalue weighted by Gasteiger charge is -2.22. The maximum absolute atomic E-state index is 13.5. The van der Waals surface area contributed by atoms with Crippen molar-refractivity contribution in [2.24, 2.45) is 0 Å². The predicted molar refractivity (Wildman–Crippen MR) is 69.5 cm³/mol. The van der Waals surface area contributed by atoms with Crippen LogP contribution in [0.1, 0.15) is 17.4 Å². The molecular weight excluding hydrogens is 305 g/mol. The monoisotopic (exact) mass is 315 g/mol. The summed E-state index contributed by atoms with van der Waals surface area (Å²) < 4.78 is 14.1. The van der Waals surface area contributed by atoms with Gasteiger partial charge < -0.3 is 5.11 Å². The highest BCUT2D eigenvalue weighted by atomic mass is 79.9. The fourth-order valence-electron chi connectivity index (χ4n) is 1.67. The van der Waals surface area contributed by atoms with Gasteiger partial charge in [-0.05, 0) is 34.5 Å². The van der Waals surface area contributed by atoms with Crippen LogP contribution in [0.5, 0.6) is 0 Å². The Bertz CT molecular complexity index is 527. The van der Waals surface area contributed by atoms with Crippen LogP contribution in [0.4, 0.5) is 4.39 Å². The Hall–Kier alpha value is -0.780. The van der Waals surface area contributed by atoms with E-state index in [0.717, 1.165) is 0 Å². The predicted octanol–water partition coefficient (Wildman–Crippen LogP) is 3.49. The Morgan fingerprint density at radius 1 is 1.47 bits per heavy atom. The number of nitrogens with zero attached hydrogens (tertiary/aromatic N) is 1. The Morgan fingerprint density at radius 2 is 2.18 bits per heavy atom. The molecule has 5 heteroatoms. The van der Waals surface area contributed by atoms with Crippen LogP contribution in [0.3, 0.4) is 0 Å². The number of benzene rings is 1. The van der Waals surface area contributed by atoms with E-state index >= 15 is 0 Å². The van der Waals surface area contributed by atoms with Crippen molar-refractivity contribution in [1.82, 2.24) is 4.98 Å². The first kappa shape index (κ1) is 12.7. The van der Waals surface area contributed by atoms with Gasteiger partial charge in [0.2, 0.25) is 0 Å². The SMILES string of the molecule is CC(O)(Cc1ccccc1F)c1scnc1Br. The van der Waals surface area contributed by atoms with Crippen molar-refractivity contribution in [3.8, 4) is 0 Å². The van der Waals surface area contributed by atoms with Crippen molar-refractivity contribution < 1.29 is 9.50 Å². The summed E-state index contributed by atoms with van der Waals surface area (Å²) in [5, 5.41) is 10.4. The van der Waals surface area contributed by atoms with Crippen molar-refractivity contribution in [3.63, 3.8) is 0 Å². The molecule has 0 saturated carbocycles. The van der Waals surface area contributed by atoms with Gasteiger partial charge in [0, 0.05) is 6.42 Å². The minimum absolute atomic E-state index is 0.223. The molecule has 0 aliphatic heterocycles. The maximum Gasteiger partial charge on any atom is 0.126 e. The molecule has 90 valence electrons. The van der Waals surface area contributed by atoms with Crippen molar-refractivity contribution in [1.29, 1.82) is 0 Å². The molecule has 1 heterocycles. The summed E-state index contributed by atoms with van der Waals surface area (Å²) in [6.07, 6.45) is 0.223. The van der Waals surface area contributed by atoms with E-state index in [0.29, 0.717) is 15.0 Å². The average molecular weight is 316 g/mol. The van der Waals surface area contributed by atoms with E-state index in [-0.39, 0.29) is 12.2 Å². The maximum atomic E-state index is 13.5. The van der Waals surface area contributed by atoms with E-state index in [1.54, 1.807) is 30.6 Å². The van der Waals surface area contributed by atoms with Gasteiger partial charge in [-0.1, -0.05) is 18.2 Å². The van der Waals surface area contributed by atoms with Gasteiger partial charge in [-0.15, -0.1) is 11.3 Å². The van der Waals surface area contributed by atoms with E-state index in [2.05, 4.69) is 20.9 Å². The van der Waals surface area contributed by atoms with Crippen LogP contribution >= 0.6 is 27.3 Å². The summed E-state index contributed by atoms with van der Waals surface area (Å²) in [6.45, 7) is 1.66. The molecule has 0 amide bonds. The summed E-state index contributed by atoms with van der Waals surface area (Å²) >= 11 is 4.63.